The van der Waals surface area contributed by atoms with Gasteiger partial charge in [0, 0.05) is 0 Å². The zero-order chi connectivity index (χ0) is 8.32. The minimum Gasteiger partial charge on any atom is -0.305 e. The third kappa shape index (κ3) is 1.86. The molecule has 0 amide bonds. The van der Waals surface area contributed by atoms with Crippen molar-refractivity contribution in [3.63, 3.8) is 0 Å². The van der Waals surface area contributed by atoms with E-state index in [1.54, 1.807) is 30.3 Å². The van der Waals surface area contributed by atoms with Gasteiger partial charge in [0.1, 0.15) is 6.30 Å². The van der Waals surface area contributed by atoms with Gasteiger partial charge in [0.05, 0.1) is 0 Å². The lowest BCUT2D eigenvalue weighted by Gasteiger charge is -2.12. The van der Waals surface area contributed by atoms with E-state index in [1.165, 1.54) is 6.55 Å². The van der Waals surface area contributed by atoms with Gasteiger partial charge in [0.25, 0.3) is 0 Å². The van der Waals surface area contributed by atoms with Gasteiger partial charge in [0.15, 0.2) is 0 Å². The van der Waals surface area contributed by atoms with Gasteiger partial charge >= 0.3 is 8.41 Å². The molecule has 0 aromatic heterocycles. The molecule has 0 nitrogen and oxygen atoms in total. The van der Waals surface area contributed by atoms with Crippen molar-refractivity contribution in [3.8, 4) is 0 Å². The summed E-state index contributed by atoms with van der Waals surface area (Å²) in [5.41, 5.74) is 0. The maximum atomic E-state index is 13.3. The Bertz CT molecular complexity index is 221. The molecular weight excluding hydrogens is 162 g/mol. The Morgan fingerprint density at radius 3 is 2.27 bits per heavy atom. The molecule has 0 spiro atoms. The first-order valence-electron chi connectivity index (χ1n) is 3.47. The summed E-state index contributed by atoms with van der Waals surface area (Å²) in [6.45, 7) is 1.38. The first-order chi connectivity index (χ1) is 5.17. The molecule has 0 fully saturated rings. The summed E-state index contributed by atoms with van der Waals surface area (Å²) in [6.07, 6.45) is -0.836. The first-order valence-corrected chi connectivity index (χ1v) is 6.06. The highest BCUT2D eigenvalue weighted by Crippen LogP contribution is 2.04. The predicted octanol–water partition coefficient (Wildman–Crippen LogP) is 1.95. The zero-order valence-electron chi connectivity index (χ0n) is 6.35. The molecule has 1 aromatic carbocycles. The van der Waals surface area contributed by atoms with Gasteiger partial charge < -0.3 is 4.11 Å². The monoisotopic (exact) mass is 172 g/mol. The summed E-state index contributed by atoms with van der Waals surface area (Å²) < 4.78 is 25.5. The van der Waals surface area contributed by atoms with Crippen molar-refractivity contribution in [2.24, 2.45) is 0 Å². The van der Waals surface area contributed by atoms with E-state index in [1.807, 2.05) is 0 Å². The van der Waals surface area contributed by atoms with E-state index in [0.717, 1.165) is 0 Å². The molecule has 1 unspecified atom stereocenters. The molecule has 1 rings (SSSR count). The lowest BCUT2D eigenvalue weighted by molar-refractivity contribution is 0.556. The maximum Gasteiger partial charge on any atom is 0.305 e. The quantitative estimate of drug-likeness (QED) is 0.472. The molecule has 0 bridgehead atoms. The Kier molecular flexibility index (Phi) is 2.39. The van der Waals surface area contributed by atoms with Crippen LogP contribution in [-0.2, 0) is 0 Å². The predicted molar refractivity (Wildman–Crippen MR) is 44.8 cm³/mol. The summed E-state index contributed by atoms with van der Waals surface area (Å²) >= 11 is 0. The molecule has 0 saturated carbocycles. The van der Waals surface area contributed by atoms with Crippen molar-refractivity contribution in [3.05, 3.63) is 30.3 Å². The SMILES string of the molecule is C[Si](F)(CF)c1ccccc1. The van der Waals surface area contributed by atoms with Crippen LogP contribution in [0, 0.1) is 0 Å². The lowest BCUT2D eigenvalue weighted by Crippen LogP contribution is -2.42. The highest BCUT2D eigenvalue weighted by molar-refractivity contribution is 6.84. The summed E-state index contributed by atoms with van der Waals surface area (Å²) in [5, 5.41) is 0.530. The van der Waals surface area contributed by atoms with E-state index >= 15 is 0 Å². The zero-order valence-corrected chi connectivity index (χ0v) is 7.35. The second-order valence-corrected chi connectivity index (χ2v) is 5.94. The van der Waals surface area contributed by atoms with E-state index < -0.39 is 14.7 Å². The van der Waals surface area contributed by atoms with E-state index in [4.69, 9.17) is 0 Å². The Morgan fingerprint density at radius 2 is 1.82 bits per heavy atom. The van der Waals surface area contributed by atoms with Crippen molar-refractivity contribution < 1.29 is 8.50 Å². The Balaban J connectivity index is 2.93. The molecule has 0 aliphatic carbocycles. The van der Waals surface area contributed by atoms with Crippen LogP contribution in [0.25, 0.3) is 0 Å². The third-order valence-corrected chi connectivity index (χ3v) is 3.67. The van der Waals surface area contributed by atoms with E-state index in [-0.39, 0.29) is 0 Å². The fourth-order valence-electron chi connectivity index (χ4n) is 0.863. The average Bonchev–Trinajstić information content (AvgIpc) is 2.06. The van der Waals surface area contributed by atoms with Crippen molar-refractivity contribution in [2.45, 2.75) is 6.55 Å². The molecule has 1 atom stereocenters. The molecular formula is C8H10F2Si. The van der Waals surface area contributed by atoms with Crippen LogP contribution in [0.5, 0.6) is 0 Å². The molecule has 0 saturated heterocycles. The van der Waals surface area contributed by atoms with Gasteiger partial charge in [0.2, 0.25) is 0 Å². The summed E-state index contributed by atoms with van der Waals surface area (Å²) in [4.78, 5) is 0. The van der Waals surface area contributed by atoms with Crippen molar-refractivity contribution in [2.75, 3.05) is 6.30 Å². The second-order valence-electron chi connectivity index (χ2n) is 2.70. The van der Waals surface area contributed by atoms with Crippen LogP contribution in [0.4, 0.5) is 8.50 Å². The van der Waals surface area contributed by atoms with Gasteiger partial charge in [-0.1, -0.05) is 30.3 Å². The minimum atomic E-state index is -3.22. The molecule has 0 aliphatic heterocycles. The highest BCUT2D eigenvalue weighted by atomic mass is 28.4. The average molecular weight is 172 g/mol. The Labute approximate surface area is 66.0 Å². The van der Waals surface area contributed by atoms with E-state index in [0.29, 0.717) is 5.19 Å². The van der Waals surface area contributed by atoms with Crippen LogP contribution in [0.15, 0.2) is 30.3 Å². The molecule has 11 heavy (non-hydrogen) atoms. The Hall–Kier alpha value is -0.703. The summed E-state index contributed by atoms with van der Waals surface area (Å²) in [6, 6.07) is 8.55. The minimum absolute atomic E-state index is 0.530. The lowest BCUT2D eigenvalue weighted by atomic mass is 10.4. The maximum absolute atomic E-state index is 13.3. The van der Waals surface area contributed by atoms with Crippen molar-refractivity contribution in [1.82, 2.24) is 0 Å². The first kappa shape index (κ1) is 8.39. The molecule has 1 aromatic rings. The van der Waals surface area contributed by atoms with Crippen LogP contribution < -0.4 is 5.19 Å². The molecule has 60 valence electrons. The van der Waals surface area contributed by atoms with Crippen molar-refractivity contribution in [1.29, 1.82) is 0 Å². The van der Waals surface area contributed by atoms with E-state index in [2.05, 4.69) is 0 Å². The number of hydrogen-bond acceptors (Lipinski definition) is 0. The number of alkyl halides is 1. The number of halogens is 2. The van der Waals surface area contributed by atoms with Crippen LogP contribution >= 0.6 is 0 Å². The summed E-state index contributed by atoms with van der Waals surface area (Å²) in [5.74, 6) is 0. The van der Waals surface area contributed by atoms with Crippen LogP contribution in [0.3, 0.4) is 0 Å². The van der Waals surface area contributed by atoms with Gasteiger partial charge in [-0.2, -0.15) is 0 Å². The standard InChI is InChI=1S/C8H10F2Si/c1-11(10,7-9)8-5-3-2-4-6-8/h2-6H,7H2,1H3. The number of rotatable bonds is 2. The summed E-state index contributed by atoms with van der Waals surface area (Å²) in [7, 11) is -3.22. The van der Waals surface area contributed by atoms with E-state index in [9.17, 15) is 8.50 Å². The topological polar surface area (TPSA) is 0 Å². The molecule has 0 radical (unpaired) electrons. The number of benzene rings is 1. The largest absolute Gasteiger partial charge is 0.305 e. The van der Waals surface area contributed by atoms with Gasteiger partial charge in [-0.15, -0.1) is 0 Å². The third-order valence-electron chi connectivity index (χ3n) is 1.63. The fourth-order valence-corrected chi connectivity index (χ4v) is 1.90. The van der Waals surface area contributed by atoms with Gasteiger partial charge in [-0.25, -0.2) is 0 Å². The fraction of sp³-hybridized carbons (Fsp3) is 0.250. The molecule has 0 N–H and O–H groups in total. The van der Waals surface area contributed by atoms with Gasteiger partial charge in [-0.05, 0) is 11.7 Å². The van der Waals surface area contributed by atoms with Crippen molar-refractivity contribution >= 4 is 13.6 Å². The molecule has 3 heteroatoms. The van der Waals surface area contributed by atoms with Crippen LogP contribution in [0.2, 0.25) is 6.55 Å². The molecule has 0 aliphatic rings. The smallest absolute Gasteiger partial charge is 0.305 e. The van der Waals surface area contributed by atoms with Crippen LogP contribution in [-0.4, -0.2) is 14.7 Å². The van der Waals surface area contributed by atoms with Crippen LogP contribution in [0.1, 0.15) is 0 Å². The second kappa shape index (κ2) is 3.13. The Morgan fingerprint density at radius 1 is 1.27 bits per heavy atom. The van der Waals surface area contributed by atoms with Gasteiger partial charge in [-0.3, -0.25) is 4.39 Å². The highest BCUT2D eigenvalue weighted by Gasteiger charge is 2.29. The molecule has 0 heterocycles. The number of hydrogen-bond donors (Lipinski definition) is 0. The normalized spacial score (nSPS) is 15.9.